The summed E-state index contributed by atoms with van der Waals surface area (Å²) in [6.07, 6.45) is -3.05. The second-order valence-electron chi connectivity index (χ2n) is 1.58. The highest BCUT2D eigenvalue weighted by molar-refractivity contribution is 5.92. The first-order valence-electron chi connectivity index (χ1n) is 2.90. The molecule has 0 radical (unpaired) electrons. The van der Waals surface area contributed by atoms with Gasteiger partial charge in [0.25, 0.3) is 12.4 Å². The predicted octanol–water partition coefficient (Wildman–Crippen LogP) is 1.67. The van der Waals surface area contributed by atoms with E-state index in [1.165, 1.54) is 6.92 Å². The molecule has 0 aliphatic carbocycles. The van der Waals surface area contributed by atoms with Crippen molar-refractivity contribution in [1.29, 1.82) is 0 Å². The summed E-state index contributed by atoms with van der Waals surface area (Å²) in [6, 6.07) is -1.28. The number of carbonyl (C=O) groups is 1. The zero-order chi connectivity index (χ0) is 8.85. The van der Waals surface area contributed by atoms with Crippen LogP contribution in [0.4, 0.5) is 13.2 Å². The smallest absolute Gasteiger partial charge is 0.300 e. The Hall–Kier alpha value is -1.00. The van der Waals surface area contributed by atoms with Crippen molar-refractivity contribution in [2.24, 2.45) is 0 Å². The van der Waals surface area contributed by atoms with Crippen LogP contribution in [-0.2, 0) is 9.53 Å². The quantitative estimate of drug-likeness (QED) is 0.471. The third-order valence-corrected chi connectivity index (χ3v) is 0.753. The predicted molar refractivity (Wildman–Crippen MR) is 31.8 cm³/mol. The highest BCUT2D eigenvalue weighted by atomic mass is 19.3. The first kappa shape index (κ1) is 10.0. The van der Waals surface area contributed by atoms with Gasteiger partial charge in [-0.3, -0.25) is 4.79 Å². The number of hydrogen-bond acceptors (Lipinski definition) is 2. The normalized spacial score (nSPS) is 11.9. The third-order valence-electron chi connectivity index (χ3n) is 0.753. The lowest BCUT2D eigenvalue weighted by molar-refractivity contribution is -0.124. The lowest BCUT2D eigenvalue weighted by Crippen LogP contribution is -2.06. The van der Waals surface area contributed by atoms with Crippen molar-refractivity contribution >= 4 is 5.78 Å². The van der Waals surface area contributed by atoms with E-state index < -0.39 is 18.2 Å². The van der Waals surface area contributed by atoms with E-state index in [2.05, 4.69) is 4.74 Å². The second kappa shape index (κ2) is 4.76. The molecule has 64 valence electrons. The molecule has 0 fully saturated rings. The molecule has 0 heterocycles. The number of halogens is 3. The maximum atomic E-state index is 12.1. The van der Waals surface area contributed by atoms with Crippen LogP contribution in [0.1, 0.15) is 6.92 Å². The maximum absolute atomic E-state index is 12.1. The van der Waals surface area contributed by atoms with Gasteiger partial charge in [0.2, 0.25) is 5.78 Å². The van der Waals surface area contributed by atoms with Crippen molar-refractivity contribution in [3.8, 4) is 0 Å². The number of ketones is 1. The summed E-state index contributed by atoms with van der Waals surface area (Å²) in [4.78, 5) is 10.1. The molecule has 0 aromatic carbocycles. The van der Waals surface area contributed by atoms with Gasteiger partial charge in [-0.25, -0.2) is 8.78 Å². The number of alkyl halides is 2. The van der Waals surface area contributed by atoms with Gasteiger partial charge >= 0.3 is 0 Å². The van der Waals surface area contributed by atoms with Crippen molar-refractivity contribution in [2.45, 2.75) is 13.3 Å². The van der Waals surface area contributed by atoms with Crippen LogP contribution in [0.3, 0.4) is 0 Å². The van der Waals surface area contributed by atoms with E-state index in [4.69, 9.17) is 0 Å². The Morgan fingerprint density at radius 3 is 2.55 bits per heavy atom. The summed E-state index contributed by atoms with van der Waals surface area (Å²) in [5.41, 5.74) is 0. The van der Waals surface area contributed by atoms with Gasteiger partial charge in [0.15, 0.2) is 0 Å². The minimum Gasteiger partial charge on any atom is -0.471 e. The zero-order valence-electron chi connectivity index (χ0n) is 5.81. The molecule has 0 spiro atoms. The summed E-state index contributed by atoms with van der Waals surface area (Å²) in [5.74, 6) is -1.59. The Morgan fingerprint density at radius 2 is 2.18 bits per heavy atom. The third kappa shape index (κ3) is 4.41. The van der Waals surface area contributed by atoms with E-state index in [1.54, 1.807) is 0 Å². The van der Waals surface area contributed by atoms with Crippen molar-refractivity contribution in [3.05, 3.63) is 12.1 Å². The molecular formula is C6H7F3O2. The Bertz CT molecular complexity index is 165. The largest absolute Gasteiger partial charge is 0.471 e. The van der Waals surface area contributed by atoms with Crippen molar-refractivity contribution in [3.63, 3.8) is 0 Å². The van der Waals surface area contributed by atoms with Crippen LogP contribution < -0.4 is 0 Å². The minimum atomic E-state index is -3.18. The minimum absolute atomic E-state index is 0.00114. The fourth-order valence-corrected chi connectivity index (χ4v) is 0.354. The van der Waals surface area contributed by atoms with Gasteiger partial charge in [0.05, 0.1) is 12.7 Å². The highest BCUT2D eigenvalue weighted by Crippen LogP contribution is 2.02. The topological polar surface area (TPSA) is 26.3 Å². The second-order valence-corrected chi connectivity index (χ2v) is 1.58. The first-order chi connectivity index (χ1) is 5.07. The van der Waals surface area contributed by atoms with E-state index in [1.807, 2.05) is 0 Å². The lowest BCUT2D eigenvalue weighted by Gasteiger charge is -1.96. The summed E-state index contributed by atoms with van der Waals surface area (Å²) in [5, 5.41) is 0. The molecule has 0 bridgehead atoms. The van der Waals surface area contributed by atoms with Crippen LogP contribution in [0.2, 0.25) is 0 Å². The lowest BCUT2D eigenvalue weighted by atomic mass is 10.4. The van der Waals surface area contributed by atoms with Gasteiger partial charge in [0.1, 0.15) is 0 Å². The van der Waals surface area contributed by atoms with Crippen LogP contribution in [0.15, 0.2) is 12.1 Å². The average Bonchev–Trinajstić information content (AvgIpc) is 1.87. The van der Waals surface area contributed by atoms with Crippen LogP contribution >= 0.6 is 0 Å². The standard InChI is InChI=1S/C6H7F3O2/c1-2-11-5(7)3-4(10)6(8)9/h3,6H,2H2,1H3/b5-3+. The average molecular weight is 168 g/mol. The molecule has 0 aromatic heterocycles. The van der Waals surface area contributed by atoms with Crippen LogP contribution in [0.5, 0.6) is 0 Å². The SMILES string of the molecule is CCO/C(F)=C/C(=O)C(F)F. The molecule has 0 saturated carbocycles. The number of carbonyl (C=O) groups excluding carboxylic acids is 1. The van der Waals surface area contributed by atoms with E-state index in [-0.39, 0.29) is 12.7 Å². The van der Waals surface area contributed by atoms with Gasteiger partial charge in [-0.15, -0.1) is 0 Å². The molecule has 0 aliphatic heterocycles. The Balaban J connectivity index is 3.97. The van der Waals surface area contributed by atoms with Crippen molar-refractivity contribution < 1.29 is 22.7 Å². The summed E-state index contributed by atoms with van der Waals surface area (Å²) < 4.78 is 39.0. The fraction of sp³-hybridized carbons (Fsp3) is 0.500. The van der Waals surface area contributed by atoms with E-state index in [0.29, 0.717) is 0 Å². The fourth-order valence-electron chi connectivity index (χ4n) is 0.354. The Kier molecular flexibility index (Phi) is 4.33. The van der Waals surface area contributed by atoms with Crippen LogP contribution in [0.25, 0.3) is 0 Å². The van der Waals surface area contributed by atoms with E-state index in [0.717, 1.165) is 0 Å². The van der Waals surface area contributed by atoms with Crippen LogP contribution in [-0.4, -0.2) is 18.8 Å². The molecule has 0 amide bonds. The Labute approximate surface area is 61.6 Å². The molecule has 0 aromatic rings. The zero-order valence-corrected chi connectivity index (χ0v) is 5.81. The molecule has 0 saturated heterocycles. The molecule has 0 atom stereocenters. The molecule has 0 rings (SSSR count). The van der Waals surface area contributed by atoms with E-state index >= 15 is 0 Å². The summed E-state index contributed by atoms with van der Waals surface area (Å²) in [7, 11) is 0. The molecular weight excluding hydrogens is 161 g/mol. The van der Waals surface area contributed by atoms with Gasteiger partial charge in [-0.1, -0.05) is 0 Å². The van der Waals surface area contributed by atoms with Gasteiger partial charge in [-0.2, -0.15) is 4.39 Å². The number of rotatable bonds is 4. The van der Waals surface area contributed by atoms with Gasteiger partial charge < -0.3 is 4.74 Å². The monoisotopic (exact) mass is 168 g/mol. The van der Waals surface area contributed by atoms with Crippen molar-refractivity contribution in [1.82, 2.24) is 0 Å². The number of allylic oxidation sites excluding steroid dienone is 1. The molecule has 0 N–H and O–H groups in total. The van der Waals surface area contributed by atoms with Crippen LogP contribution in [0, 0.1) is 0 Å². The summed E-state index contributed by atoms with van der Waals surface area (Å²) >= 11 is 0. The Morgan fingerprint density at radius 1 is 1.64 bits per heavy atom. The number of ether oxygens (including phenoxy) is 1. The molecule has 2 nitrogen and oxygen atoms in total. The molecule has 0 unspecified atom stereocenters. The van der Waals surface area contributed by atoms with Gasteiger partial charge in [-0.05, 0) is 6.92 Å². The highest BCUT2D eigenvalue weighted by Gasteiger charge is 2.13. The first-order valence-corrected chi connectivity index (χ1v) is 2.90. The van der Waals surface area contributed by atoms with Crippen molar-refractivity contribution in [2.75, 3.05) is 6.61 Å². The molecule has 5 heteroatoms. The van der Waals surface area contributed by atoms with Gasteiger partial charge in [0, 0.05) is 0 Å². The molecule has 0 aliphatic rings. The summed E-state index contributed by atoms with van der Waals surface area (Å²) in [6.45, 7) is 1.47. The number of hydrogen-bond donors (Lipinski definition) is 0. The molecule has 11 heavy (non-hydrogen) atoms. The van der Waals surface area contributed by atoms with E-state index in [9.17, 15) is 18.0 Å². The maximum Gasteiger partial charge on any atom is 0.300 e.